The van der Waals surface area contributed by atoms with Gasteiger partial charge in [-0.1, -0.05) is 12.5 Å². The van der Waals surface area contributed by atoms with E-state index in [1.165, 1.54) is 71.2 Å². The van der Waals surface area contributed by atoms with Crippen LogP contribution in [-0.2, 0) is 6.42 Å². The Bertz CT molecular complexity index is 524. The first-order valence-electron chi connectivity index (χ1n) is 9.62. The average molecular weight is 314 g/mol. The second kappa shape index (κ2) is 7.23. The molecular weight excluding hydrogens is 284 g/mol. The van der Waals surface area contributed by atoms with Crippen LogP contribution in [0.25, 0.3) is 0 Å². The van der Waals surface area contributed by atoms with Gasteiger partial charge < -0.3 is 9.64 Å². The van der Waals surface area contributed by atoms with Gasteiger partial charge in [-0.2, -0.15) is 0 Å². The molecule has 126 valence electrons. The van der Waals surface area contributed by atoms with Crippen LogP contribution in [0.4, 0.5) is 0 Å². The zero-order valence-corrected chi connectivity index (χ0v) is 14.3. The minimum atomic E-state index is 0.663. The van der Waals surface area contributed by atoms with E-state index in [1.807, 2.05) is 0 Å². The van der Waals surface area contributed by atoms with Crippen molar-refractivity contribution in [2.45, 2.75) is 51.0 Å². The molecule has 2 fully saturated rings. The predicted molar refractivity (Wildman–Crippen MR) is 94.1 cm³/mol. The standard InChI is InChI=1S/C20H30N2O/c1-2-10-21(11-3-1)12-5-15-23-18-8-7-17-9-14-22-13-4-6-20(22)19(17)16-18/h7-8,16,20H,1-6,9-15H2/t20-/m0/s1. The topological polar surface area (TPSA) is 15.7 Å². The quantitative estimate of drug-likeness (QED) is 0.772. The number of hydrogen-bond donors (Lipinski definition) is 0. The zero-order chi connectivity index (χ0) is 15.5. The Balaban J connectivity index is 1.30. The van der Waals surface area contributed by atoms with E-state index >= 15 is 0 Å². The predicted octanol–water partition coefficient (Wildman–Crippen LogP) is 3.63. The van der Waals surface area contributed by atoms with Gasteiger partial charge in [0.25, 0.3) is 0 Å². The van der Waals surface area contributed by atoms with Crippen molar-refractivity contribution in [1.29, 1.82) is 0 Å². The maximum Gasteiger partial charge on any atom is 0.119 e. The summed E-state index contributed by atoms with van der Waals surface area (Å²) in [7, 11) is 0. The molecule has 0 bridgehead atoms. The Morgan fingerprint density at radius 3 is 2.83 bits per heavy atom. The average Bonchev–Trinajstić information content (AvgIpc) is 3.09. The third kappa shape index (κ3) is 3.56. The minimum Gasteiger partial charge on any atom is -0.494 e. The lowest BCUT2D eigenvalue weighted by molar-refractivity contribution is 0.204. The summed E-state index contributed by atoms with van der Waals surface area (Å²) in [6.45, 7) is 7.15. The van der Waals surface area contributed by atoms with Gasteiger partial charge in [0.1, 0.15) is 5.75 Å². The van der Waals surface area contributed by atoms with Gasteiger partial charge in [-0.05, 0) is 81.4 Å². The van der Waals surface area contributed by atoms with E-state index in [9.17, 15) is 0 Å². The molecule has 1 aromatic carbocycles. The van der Waals surface area contributed by atoms with Crippen molar-refractivity contribution >= 4 is 0 Å². The van der Waals surface area contributed by atoms with Gasteiger partial charge in [-0.25, -0.2) is 0 Å². The lowest BCUT2D eigenvalue weighted by Crippen LogP contribution is -2.31. The molecule has 3 aliphatic heterocycles. The van der Waals surface area contributed by atoms with Crippen LogP contribution in [-0.4, -0.2) is 49.1 Å². The smallest absolute Gasteiger partial charge is 0.119 e. The van der Waals surface area contributed by atoms with Crippen LogP contribution < -0.4 is 4.74 Å². The first kappa shape index (κ1) is 15.5. The van der Waals surface area contributed by atoms with Crippen LogP contribution >= 0.6 is 0 Å². The van der Waals surface area contributed by atoms with Crippen molar-refractivity contribution in [2.24, 2.45) is 0 Å². The molecule has 1 atom stereocenters. The Morgan fingerprint density at radius 1 is 1.00 bits per heavy atom. The van der Waals surface area contributed by atoms with Crippen molar-refractivity contribution in [3.8, 4) is 5.75 Å². The number of hydrogen-bond acceptors (Lipinski definition) is 3. The molecule has 0 aliphatic carbocycles. The maximum atomic E-state index is 6.07. The second-order valence-electron chi connectivity index (χ2n) is 7.41. The van der Waals surface area contributed by atoms with Gasteiger partial charge in [0, 0.05) is 19.1 Å². The zero-order valence-electron chi connectivity index (χ0n) is 14.3. The molecule has 0 N–H and O–H groups in total. The van der Waals surface area contributed by atoms with Gasteiger partial charge in [-0.3, -0.25) is 4.90 Å². The fourth-order valence-electron chi connectivity index (χ4n) is 4.57. The highest BCUT2D eigenvalue weighted by molar-refractivity contribution is 5.39. The summed E-state index contributed by atoms with van der Waals surface area (Å²) in [5.74, 6) is 1.08. The SMILES string of the molecule is c1cc2c(cc1OCCCN1CCCCC1)[C@@H]1CCCN1CC2. The molecule has 0 radical (unpaired) electrons. The highest BCUT2D eigenvalue weighted by Crippen LogP contribution is 2.38. The number of piperidine rings is 1. The van der Waals surface area contributed by atoms with E-state index in [0.29, 0.717) is 6.04 Å². The first-order chi connectivity index (χ1) is 11.4. The molecule has 0 amide bonds. The summed E-state index contributed by atoms with van der Waals surface area (Å²) >= 11 is 0. The molecular formula is C20H30N2O. The summed E-state index contributed by atoms with van der Waals surface area (Å²) < 4.78 is 6.07. The van der Waals surface area contributed by atoms with Gasteiger partial charge in [0.2, 0.25) is 0 Å². The number of fused-ring (bicyclic) bond motifs is 3. The minimum absolute atomic E-state index is 0.663. The molecule has 3 aliphatic rings. The molecule has 0 unspecified atom stereocenters. The van der Waals surface area contributed by atoms with Crippen LogP contribution in [0.5, 0.6) is 5.75 Å². The monoisotopic (exact) mass is 314 g/mol. The molecule has 0 spiro atoms. The third-order valence-corrected chi connectivity index (χ3v) is 5.84. The second-order valence-corrected chi connectivity index (χ2v) is 7.41. The van der Waals surface area contributed by atoms with Crippen molar-refractivity contribution in [2.75, 3.05) is 39.3 Å². The van der Waals surface area contributed by atoms with Crippen molar-refractivity contribution < 1.29 is 4.74 Å². The number of rotatable bonds is 5. The summed E-state index contributed by atoms with van der Waals surface area (Å²) in [6.07, 6.45) is 9.21. The maximum absolute atomic E-state index is 6.07. The Kier molecular flexibility index (Phi) is 4.86. The van der Waals surface area contributed by atoms with E-state index in [1.54, 1.807) is 11.1 Å². The van der Waals surface area contributed by atoms with Gasteiger partial charge >= 0.3 is 0 Å². The van der Waals surface area contributed by atoms with E-state index < -0.39 is 0 Å². The fraction of sp³-hybridized carbons (Fsp3) is 0.700. The van der Waals surface area contributed by atoms with Crippen LogP contribution in [0.3, 0.4) is 0 Å². The number of ether oxygens (including phenoxy) is 1. The lowest BCUT2D eigenvalue weighted by atomic mass is 9.92. The highest BCUT2D eigenvalue weighted by Gasteiger charge is 2.31. The summed E-state index contributed by atoms with van der Waals surface area (Å²) in [5.41, 5.74) is 3.09. The van der Waals surface area contributed by atoms with Gasteiger partial charge in [0.05, 0.1) is 6.61 Å². The molecule has 3 heterocycles. The Labute approximate surface area is 140 Å². The Hall–Kier alpha value is -1.06. The van der Waals surface area contributed by atoms with Gasteiger partial charge in [-0.15, -0.1) is 0 Å². The number of benzene rings is 1. The lowest BCUT2D eigenvalue weighted by Gasteiger charge is -2.32. The molecule has 0 aromatic heterocycles. The van der Waals surface area contributed by atoms with E-state index in [-0.39, 0.29) is 0 Å². The molecule has 3 heteroatoms. The van der Waals surface area contributed by atoms with Gasteiger partial charge in [0.15, 0.2) is 0 Å². The number of nitrogens with zero attached hydrogens (tertiary/aromatic N) is 2. The molecule has 0 saturated carbocycles. The molecule has 3 nitrogen and oxygen atoms in total. The van der Waals surface area contributed by atoms with Crippen molar-refractivity contribution in [1.82, 2.24) is 9.80 Å². The van der Waals surface area contributed by atoms with Crippen molar-refractivity contribution in [3.63, 3.8) is 0 Å². The van der Waals surface area contributed by atoms with Crippen LogP contribution in [0, 0.1) is 0 Å². The van der Waals surface area contributed by atoms with E-state index in [4.69, 9.17) is 4.74 Å². The molecule has 4 rings (SSSR count). The van der Waals surface area contributed by atoms with Crippen LogP contribution in [0.2, 0.25) is 0 Å². The van der Waals surface area contributed by atoms with Crippen molar-refractivity contribution in [3.05, 3.63) is 29.3 Å². The normalized spacial score (nSPS) is 25.1. The van der Waals surface area contributed by atoms with E-state index in [2.05, 4.69) is 28.0 Å². The molecule has 2 saturated heterocycles. The largest absolute Gasteiger partial charge is 0.494 e. The van der Waals surface area contributed by atoms with Crippen LogP contribution in [0.15, 0.2) is 18.2 Å². The Morgan fingerprint density at radius 2 is 1.91 bits per heavy atom. The number of likely N-dealkylation sites (tertiary alicyclic amines) is 1. The molecule has 1 aromatic rings. The third-order valence-electron chi connectivity index (χ3n) is 5.84. The van der Waals surface area contributed by atoms with Crippen LogP contribution in [0.1, 0.15) is 55.7 Å². The summed E-state index contributed by atoms with van der Waals surface area (Å²) in [5, 5.41) is 0. The highest BCUT2D eigenvalue weighted by atomic mass is 16.5. The van der Waals surface area contributed by atoms with E-state index in [0.717, 1.165) is 18.8 Å². The fourth-order valence-corrected chi connectivity index (χ4v) is 4.57. The summed E-state index contributed by atoms with van der Waals surface area (Å²) in [4.78, 5) is 5.25. The summed E-state index contributed by atoms with van der Waals surface area (Å²) in [6, 6.07) is 7.49. The first-order valence-corrected chi connectivity index (χ1v) is 9.62. The molecule has 23 heavy (non-hydrogen) atoms.